The van der Waals surface area contributed by atoms with Crippen molar-refractivity contribution in [3.05, 3.63) is 71.8 Å². The summed E-state index contributed by atoms with van der Waals surface area (Å²) in [7, 11) is 0. The highest BCUT2D eigenvalue weighted by molar-refractivity contribution is 5.82. The van der Waals surface area contributed by atoms with Gasteiger partial charge in [0.15, 0.2) is 6.10 Å². The molecule has 106 valence electrons. The molecule has 0 aliphatic heterocycles. The molecule has 2 N–H and O–H groups in total. The van der Waals surface area contributed by atoms with Crippen LogP contribution in [-0.4, -0.2) is 17.1 Å². The van der Waals surface area contributed by atoms with Crippen molar-refractivity contribution in [2.45, 2.75) is 18.6 Å². The molecule has 4 nitrogen and oxygen atoms in total. The molecule has 2 rings (SSSR count). The quantitative estimate of drug-likeness (QED) is 0.879. The van der Waals surface area contributed by atoms with Crippen molar-refractivity contribution in [3.8, 4) is 6.07 Å². The number of hydrogen-bond donors (Lipinski definition) is 2. The number of aliphatic hydroxyl groups excluding tert-OH is 1. The van der Waals surface area contributed by atoms with E-state index in [1.165, 1.54) is 0 Å². The molecule has 2 aromatic rings. The molecule has 0 saturated carbocycles. The molecular weight excluding hydrogens is 264 g/mol. The van der Waals surface area contributed by atoms with E-state index in [1.807, 2.05) is 42.5 Å². The van der Waals surface area contributed by atoms with Crippen LogP contribution in [0.2, 0.25) is 0 Å². The molecule has 21 heavy (non-hydrogen) atoms. The lowest BCUT2D eigenvalue weighted by Gasteiger charge is -2.15. The first-order valence-electron chi connectivity index (χ1n) is 6.67. The highest BCUT2D eigenvalue weighted by atomic mass is 16.3. The van der Waals surface area contributed by atoms with E-state index >= 15 is 0 Å². The Bertz CT molecular complexity index is 620. The third-order valence-electron chi connectivity index (χ3n) is 3.12. The van der Waals surface area contributed by atoms with Crippen molar-refractivity contribution in [1.82, 2.24) is 5.32 Å². The number of nitrogens with zero attached hydrogens (tertiary/aromatic N) is 1. The van der Waals surface area contributed by atoms with Crippen LogP contribution in [0.15, 0.2) is 60.7 Å². The van der Waals surface area contributed by atoms with Gasteiger partial charge in [0.1, 0.15) is 6.04 Å². The fraction of sp³-hybridized carbons (Fsp3) is 0.176. The minimum Gasteiger partial charge on any atom is -0.378 e. The van der Waals surface area contributed by atoms with E-state index in [1.54, 1.807) is 24.3 Å². The summed E-state index contributed by atoms with van der Waals surface area (Å²) in [4.78, 5) is 12.0. The van der Waals surface area contributed by atoms with Crippen molar-refractivity contribution in [2.24, 2.45) is 0 Å². The van der Waals surface area contributed by atoms with Gasteiger partial charge in [0.2, 0.25) is 0 Å². The summed E-state index contributed by atoms with van der Waals surface area (Å²) in [6.07, 6.45) is -0.859. The Balaban J connectivity index is 1.99. The summed E-state index contributed by atoms with van der Waals surface area (Å²) < 4.78 is 0. The Kier molecular flexibility index (Phi) is 5.08. The van der Waals surface area contributed by atoms with Gasteiger partial charge in [-0.1, -0.05) is 60.7 Å². The number of nitriles is 1. The van der Waals surface area contributed by atoms with E-state index in [0.717, 1.165) is 5.56 Å². The molecule has 1 amide bonds. The predicted molar refractivity (Wildman–Crippen MR) is 79.1 cm³/mol. The number of carbonyl (C=O) groups excluding carboxylic acids is 1. The molecule has 0 spiro atoms. The number of nitrogens with one attached hydrogen (secondary N) is 1. The van der Waals surface area contributed by atoms with Gasteiger partial charge in [-0.2, -0.15) is 5.26 Å². The number of benzene rings is 2. The second-order valence-corrected chi connectivity index (χ2v) is 4.69. The lowest BCUT2D eigenvalue weighted by Crippen LogP contribution is -2.38. The number of hydrogen-bond acceptors (Lipinski definition) is 3. The Morgan fingerprint density at radius 2 is 1.67 bits per heavy atom. The average molecular weight is 280 g/mol. The number of carbonyl (C=O) groups is 1. The third-order valence-corrected chi connectivity index (χ3v) is 3.12. The molecule has 0 aromatic heterocycles. The molecule has 0 heterocycles. The summed E-state index contributed by atoms with van der Waals surface area (Å²) in [5.74, 6) is -0.566. The number of aliphatic hydroxyl groups is 1. The Labute approximate surface area is 123 Å². The molecule has 0 aliphatic rings. The van der Waals surface area contributed by atoms with Gasteiger partial charge in [-0.05, 0) is 11.1 Å². The number of rotatable bonds is 5. The summed E-state index contributed by atoms with van der Waals surface area (Å²) in [6.45, 7) is 0. The van der Waals surface area contributed by atoms with Crippen molar-refractivity contribution < 1.29 is 9.90 Å². The van der Waals surface area contributed by atoms with Gasteiger partial charge in [0, 0.05) is 6.42 Å². The van der Waals surface area contributed by atoms with E-state index in [9.17, 15) is 9.90 Å². The number of amides is 1. The fourth-order valence-electron chi connectivity index (χ4n) is 2.02. The molecule has 0 saturated heterocycles. The second kappa shape index (κ2) is 7.22. The highest BCUT2D eigenvalue weighted by Gasteiger charge is 2.20. The zero-order chi connectivity index (χ0) is 15.1. The minimum atomic E-state index is -1.27. The van der Waals surface area contributed by atoms with Gasteiger partial charge in [0.05, 0.1) is 6.07 Å². The SMILES string of the molecule is N#CC(Cc1ccccc1)NC(=O)[C@@H](O)c1ccccc1. The van der Waals surface area contributed by atoms with Crippen LogP contribution in [0.3, 0.4) is 0 Å². The summed E-state index contributed by atoms with van der Waals surface area (Å²) in [5.41, 5.74) is 1.46. The lowest BCUT2D eigenvalue weighted by atomic mass is 10.1. The van der Waals surface area contributed by atoms with Crippen LogP contribution < -0.4 is 5.32 Å². The normalized spacial score (nSPS) is 13.0. The Morgan fingerprint density at radius 3 is 2.24 bits per heavy atom. The zero-order valence-corrected chi connectivity index (χ0v) is 11.4. The summed E-state index contributed by atoms with van der Waals surface area (Å²) in [5, 5.41) is 21.7. The first kappa shape index (κ1) is 14.8. The first-order valence-corrected chi connectivity index (χ1v) is 6.67. The largest absolute Gasteiger partial charge is 0.378 e. The van der Waals surface area contributed by atoms with Crippen LogP contribution in [0, 0.1) is 11.3 Å². The fourth-order valence-corrected chi connectivity index (χ4v) is 2.02. The van der Waals surface area contributed by atoms with Crippen LogP contribution in [-0.2, 0) is 11.2 Å². The van der Waals surface area contributed by atoms with Crippen LogP contribution >= 0.6 is 0 Å². The second-order valence-electron chi connectivity index (χ2n) is 4.69. The van der Waals surface area contributed by atoms with Gasteiger partial charge in [0.25, 0.3) is 5.91 Å². The van der Waals surface area contributed by atoms with Crippen molar-refractivity contribution >= 4 is 5.91 Å². The Morgan fingerprint density at radius 1 is 1.10 bits per heavy atom. The van der Waals surface area contributed by atoms with E-state index in [-0.39, 0.29) is 0 Å². The average Bonchev–Trinajstić information content (AvgIpc) is 2.55. The Hall–Kier alpha value is -2.64. The topological polar surface area (TPSA) is 73.1 Å². The smallest absolute Gasteiger partial charge is 0.254 e. The van der Waals surface area contributed by atoms with Gasteiger partial charge in [-0.3, -0.25) is 4.79 Å². The molecule has 2 atom stereocenters. The summed E-state index contributed by atoms with van der Waals surface area (Å²) in [6, 6.07) is 19.5. The molecular formula is C17H16N2O2. The van der Waals surface area contributed by atoms with Crippen LogP contribution in [0.4, 0.5) is 0 Å². The van der Waals surface area contributed by atoms with Crippen molar-refractivity contribution in [2.75, 3.05) is 0 Å². The maximum absolute atomic E-state index is 12.0. The van der Waals surface area contributed by atoms with Crippen LogP contribution in [0.1, 0.15) is 17.2 Å². The predicted octanol–water partition coefficient (Wildman–Crippen LogP) is 1.97. The van der Waals surface area contributed by atoms with E-state index < -0.39 is 18.1 Å². The molecule has 0 fully saturated rings. The van der Waals surface area contributed by atoms with Gasteiger partial charge >= 0.3 is 0 Å². The van der Waals surface area contributed by atoms with E-state index in [4.69, 9.17) is 5.26 Å². The third kappa shape index (κ3) is 4.16. The van der Waals surface area contributed by atoms with E-state index in [0.29, 0.717) is 12.0 Å². The van der Waals surface area contributed by atoms with Crippen molar-refractivity contribution in [3.63, 3.8) is 0 Å². The maximum Gasteiger partial charge on any atom is 0.254 e. The summed E-state index contributed by atoms with van der Waals surface area (Å²) >= 11 is 0. The van der Waals surface area contributed by atoms with Gasteiger partial charge < -0.3 is 10.4 Å². The first-order chi connectivity index (χ1) is 10.2. The van der Waals surface area contributed by atoms with Crippen molar-refractivity contribution in [1.29, 1.82) is 5.26 Å². The molecule has 4 heteroatoms. The van der Waals surface area contributed by atoms with Gasteiger partial charge in [-0.25, -0.2) is 0 Å². The molecule has 2 aromatic carbocycles. The molecule has 0 bridgehead atoms. The molecule has 0 radical (unpaired) electrons. The lowest BCUT2D eigenvalue weighted by molar-refractivity contribution is -0.130. The van der Waals surface area contributed by atoms with E-state index in [2.05, 4.69) is 5.32 Å². The monoisotopic (exact) mass is 280 g/mol. The molecule has 0 aliphatic carbocycles. The van der Waals surface area contributed by atoms with Crippen LogP contribution in [0.5, 0.6) is 0 Å². The minimum absolute atomic E-state index is 0.407. The van der Waals surface area contributed by atoms with Crippen LogP contribution in [0.25, 0.3) is 0 Å². The molecule has 1 unspecified atom stereocenters. The van der Waals surface area contributed by atoms with Gasteiger partial charge in [-0.15, -0.1) is 0 Å². The zero-order valence-electron chi connectivity index (χ0n) is 11.4. The maximum atomic E-state index is 12.0. The standard InChI is InChI=1S/C17H16N2O2/c18-12-15(11-13-7-3-1-4-8-13)19-17(21)16(20)14-9-5-2-6-10-14/h1-10,15-16,20H,11H2,(H,19,21)/t15?,16-/m0/s1. The highest BCUT2D eigenvalue weighted by Crippen LogP contribution is 2.12.